The Balaban J connectivity index is 2.28. The van der Waals surface area contributed by atoms with Gasteiger partial charge in [0, 0.05) is 6.92 Å². The second-order valence-corrected chi connectivity index (χ2v) is 5.69. The topological polar surface area (TPSA) is 97.6 Å². The van der Waals surface area contributed by atoms with Crippen molar-refractivity contribution < 1.29 is 28.6 Å². The van der Waals surface area contributed by atoms with Gasteiger partial charge in [0.25, 0.3) is 0 Å². The van der Waals surface area contributed by atoms with Gasteiger partial charge in [-0.05, 0) is 19.4 Å². The van der Waals surface area contributed by atoms with Crippen molar-refractivity contribution in [3.8, 4) is 0 Å². The highest BCUT2D eigenvalue weighted by Crippen LogP contribution is 2.34. The van der Waals surface area contributed by atoms with Crippen LogP contribution < -0.4 is 0 Å². The zero-order chi connectivity index (χ0) is 17.9. The fourth-order valence-electron chi connectivity index (χ4n) is 2.91. The van der Waals surface area contributed by atoms with Crippen molar-refractivity contribution >= 4 is 11.9 Å². The molecule has 0 aromatic carbocycles. The van der Waals surface area contributed by atoms with Crippen molar-refractivity contribution in [2.24, 2.45) is 16.1 Å². The van der Waals surface area contributed by atoms with Gasteiger partial charge in [-0.1, -0.05) is 18.2 Å². The first kappa shape index (κ1) is 18.3. The minimum atomic E-state index is -1.81. The highest BCUT2D eigenvalue weighted by atomic mass is 19.1. The molecule has 0 spiro atoms. The summed E-state index contributed by atoms with van der Waals surface area (Å²) in [6.07, 6.45) is -1.28. The van der Waals surface area contributed by atoms with Crippen LogP contribution in [-0.2, 0) is 19.1 Å². The Labute approximate surface area is 139 Å². The molecule has 8 heteroatoms. The lowest BCUT2D eigenvalue weighted by Gasteiger charge is -2.38. The summed E-state index contributed by atoms with van der Waals surface area (Å²) in [5.74, 6) is -1.93. The number of carbonyl (C=O) groups excluding carboxylic acids is 2. The summed E-state index contributed by atoms with van der Waals surface area (Å²) in [5.41, 5.74) is 0.234. The van der Waals surface area contributed by atoms with Gasteiger partial charge < -0.3 is 14.6 Å². The van der Waals surface area contributed by atoms with Crippen molar-refractivity contribution in [1.29, 1.82) is 0 Å². The molecule has 1 fully saturated rings. The van der Waals surface area contributed by atoms with E-state index in [-0.39, 0.29) is 12.1 Å². The van der Waals surface area contributed by atoms with Crippen LogP contribution in [0.4, 0.5) is 4.39 Å². The first-order valence-corrected chi connectivity index (χ1v) is 7.76. The van der Waals surface area contributed by atoms with Crippen molar-refractivity contribution in [3.63, 3.8) is 0 Å². The molecule has 0 aromatic heterocycles. The molecular weight excluding hydrogens is 319 g/mol. The van der Waals surface area contributed by atoms with E-state index < -0.39 is 48.4 Å². The molecule has 132 valence electrons. The Morgan fingerprint density at radius 3 is 2.79 bits per heavy atom. The van der Waals surface area contributed by atoms with Crippen molar-refractivity contribution in [1.82, 2.24) is 0 Å². The lowest BCUT2D eigenvalue weighted by molar-refractivity contribution is -0.198. The van der Waals surface area contributed by atoms with Crippen LogP contribution >= 0.6 is 0 Å². The maximum absolute atomic E-state index is 14.7. The quantitative estimate of drug-likeness (QED) is 0.604. The van der Waals surface area contributed by atoms with Crippen LogP contribution in [0.15, 0.2) is 34.0 Å². The summed E-state index contributed by atoms with van der Waals surface area (Å²) in [5, 5.41) is 18.1. The number of esters is 2. The van der Waals surface area contributed by atoms with Crippen LogP contribution in [0.3, 0.4) is 0 Å². The molecule has 0 radical (unpaired) electrons. The molecule has 1 N–H and O–H groups in total. The number of nitrogens with zero attached hydrogens (tertiary/aromatic N) is 2. The van der Waals surface area contributed by atoms with E-state index in [2.05, 4.69) is 10.2 Å². The molecule has 7 nitrogen and oxygen atoms in total. The van der Waals surface area contributed by atoms with Gasteiger partial charge in [-0.15, -0.1) is 0 Å². The van der Waals surface area contributed by atoms with Crippen molar-refractivity contribution in [2.45, 2.75) is 51.3 Å². The monoisotopic (exact) mass is 340 g/mol. The number of azo groups is 1. The van der Waals surface area contributed by atoms with E-state index in [1.54, 1.807) is 19.9 Å². The molecule has 0 bridgehead atoms. The number of ether oxygens (including phenoxy) is 2. The number of hydrogen-bond donors (Lipinski definition) is 1. The van der Waals surface area contributed by atoms with E-state index in [1.807, 2.05) is 0 Å². The highest BCUT2D eigenvalue weighted by molar-refractivity contribution is 5.76. The fourth-order valence-corrected chi connectivity index (χ4v) is 2.91. The molecule has 0 amide bonds. The van der Waals surface area contributed by atoms with Gasteiger partial charge >= 0.3 is 11.9 Å². The van der Waals surface area contributed by atoms with E-state index in [9.17, 15) is 19.1 Å². The van der Waals surface area contributed by atoms with Gasteiger partial charge in [0.2, 0.25) is 0 Å². The number of rotatable bonds is 5. The van der Waals surface area contributed by atoms with Crippen LogP contribution in [0.25, 0.3) is 0 Å². The zero-order valence-electron chi connectivity index (χ0n) is 13.8. The lowest BCUT2D eigenvalue weighted by Crippen LogP contribution is -2.58. The number of carbonyl (C=O) groups is 2. The van der Waals surface area contributed by atoms with E-state index in [1.165, 1.54) is 19.1 Å². The number of cyclic esters (lactones) is 1. The number of aliphatic hydroxyl groups is 1. The number of allylic oxidation sites excluding steroid dienone is 3. The van der Waals surface area contributed by atoms with Crippen molar-refractivity contribution in [2.75, 3.05) is 6.54 Å². The van der Waals surface area contributed by atoms with E-state index in [4.69, 9.17) is 9.47 Å². The molecule has 24 heavy (non-hydrogen) atoms. The number of halogens is 1. The first-order valence-electron chi connectivity index (χ1n) is 7.76. The normalized spacial score (nSPS) is 32.4. The molecule has 2 heterocycles. The minimum absolute atomic E-state index is 0.127. The van der Waals surface area contributed by atoms with Crippen LogP contribution in [-0.4, -0.2) is 54.1 Å². The second-order valence-electron chi connectivity index (χ2n) is 5.69. The Bertz CT molecular complexity index is 589. The van der Waals surface area contributed by atoms with Gasteiger partial charge in [0.1, 0.15) is 18.1 Å². The van der Waals surface area contributed by atoms with Gasteiger partial charge in [-0.25, -0.2) is 4.39 Å². The zero-order valence-corrected chi connectivity index (χ0v) is 13.8. The smallest absolute Gasteiger partial charge is 0.313 e. The SMILES string of the molecule is C/C=C\C(=C/C)C(F)C(O)[C@@H]1OC(=O)C2CN=NC2C1OC(C)=O. The van der Waals surface area contributed by atoms with E-state index >= 15 is 0 Å². The van der Waals surface area contributed by atoms with Gasteiger partial charge in [-0.3, -0.25) is 9.59 Å². The number of aliphatic hydroxyl groups excluding tert-OH is 1. The Kier molecular flexibility index (Phi) is 5.82. The van der Waals surface area contributed by atoms with Crippen LogP contribution in [0.5, 0.6) is 0 Å². The molecule has 5 unspecified atom stereocenters. The second kappa shape index (κ2) is 7.65. The van der Waals surface area contributed by atoms with Gasteiger partial charge in [0.15, 0.2) is 18.4 Å². The number of alkyl halides is 1. The van der Waals surface area contributed by atoms with E-state index in [0.717, 1.165) is 0 Å². The average molecular weight is 340 g/mol. The maximum atomic E-state index is 14.7. The summed E-state index contributed by atoms with van der Waals surface area (Å²) in [7, 11) is 0. The van der Waals surface area contributed by atoms with Gasteiger partial charge in [-0.2, -0.15) is 10.2 Å². The van der Waals surface area contributed by atoms with Crippen LogP contribution in [0.2, 0.25) is 0 Å². The molecule has 0 aliphatic carbocycles. The molecule has 0 aromatic rings. The third-order valence-electron chi connectivity index (χ3n) is 4.07. The molecular formula is C16H21FN2O5. The Morgan fingerprint density at radius 2 is 2.21 bits per heavy atom. The molecule has 1 saturated heterocycles. The summed E-state index contributed by atoms with van der Waals surface area (Å²) in [4.78, 5) is 23.4. The summed E-state index contributed by atoms with van der Waals surface area (Å²) >= 11 is 0. The first-order chi connectivity index (χ1) is 11.4. The summed E-state index contributed by atoms with van der Waals surface area (Å²) in [6, 6.07) is -0.766. The maximum Gasteiger partial charge on any atom is 0.313 e. The fraction of sp³-hybridized carbons (Fsp3) is 0.625. The Hall–Kier alpha value is -2.09. The molecule has 0 saturated carbocycles. The number of hydrogen-bond acceptors (Lipinski definition) is 7. The van der Waals surface area contributed by atoms with E-state index in [0.29, 0.717) is 0 Å². The minimum Gasteiger partial charge on any atom is -0.456 e. The van der Waals surface area contributed by atoms with Crippen LogP contribution in [0.1, 0.15) is 20.8 Å². The molecule has 2 rings (SSSR count). The molecule has 2 aliphatic rings. The van der Waals surface area contributed by atoms with Gasteiger partial charge in [0.05, 0.1) is 6.54 Å². The van der Waals surface area contributed by atoms with Crippen LogP contribution in [0, 0.1) is 5.92 Å². The lowest BCUT2D eigenvalue weighted by atomic mass is 9.86. The third-order valence-corrected chi connectivity index (χ3v) is 4.07. The predicted octanol–water partition coefficient (Wildman–Crippen LogP) is 1.52. The molecule has 6 atom stereocenters. The number of fused-ring (bicyclic) bond motifs is 1. The highest BCUT2D eigenvalue weighted by Gasteiger charge is 2.54. The summed E-state index contributed by atoms with van der Waals surface area (Å²) < 4.78 is 25.0. The molecule has 2 aliphatic heterocycles. The average Bonchev–Trinajstić information content (AvgIpc) is 3.03. The Morgan fingerprint density at radius 1 is 1.50 bits per heavy atom. The largest absolute Gasteiger partial charge is 0.456 e. The third kappa shape index (κ3) is 3.53. The predicted molar refractivity (Wildman–Crippen MR) is 81.9 cm³/mol. The standard InChI is InChI=1S/C16H21FN2O5/c1-4-6-9(5-2)11(17)13(21)15-14(23-8(3)20)12-10(7-18-19-12)16(22)24-15/h4-6,10-15,21H,7H2,1-3H3/b6-4-,9-5+/t10?,11?,12?,13?,14?,15-/m0/s1. The van der Waals surface area contributed by atoms with Crippen molar-refractivity contribution in [3.05, 3.63) is 23.8 Å². The summed E-state index contributed by atoms with van der Waals surface area (Å²) in [6.45, 7) is 4.66.